The van der Waals surface area contributed by atoms with Crippen molar-refractivity contribution < 1.29 is 13.2 Å². The number of carbonyl (C=O) groups excluding carboxylic acids is 1. The van der Waals surface area contributed by atoms with Crippen LogP contribution in [0, 0.1) is 5.92 Å². The molecule has 1 aromatic heterocycles. The van der Waals surface area contributed by atoms with Gasteiger partial charge in [-0.15, -0.1) is 0 Å². The molecule has 2 aromatic rings. The van der Waals surface area contributed by atoms with Crippen molar-refractivity contribution in [3.63, 3.8) is 0 Å². The molecule has 11 heteroatoms. The van der Waals surface area contributed by atoms with Crippen LogP contribution >= 0.6 is 0 Å². The Labute approximate surface area is 174 Å². The van der Waals surface area contributed by atoms with E-state index in [1.54, 1.807) is 0 Å². The van der Waals surface area contributed by atoms with Crippen molar-refractivity contribution in [1.29, 1.82) is 0 Å². The smallest absolute Gasteiger partial charge is 0.330 e. The molecule has 1 atom stereocenters. The van der Waals surface area contributed by atoms with E-state index in [4.69, 9.17) is 5.73 Å². The molecule has 10 nitrogen and oxygen atoms in total. The minimum atomic E-state index is -3.42. The third-order valence-electron chi connectivity index (χ3n) is 5.27. The number of nitrogens with two attached hydrogens (primary N) is 1. The highest BCUT2D eigenvalue weighted by atomic mass is 32.2. The fourth-order valence-electron chi connectivity index (χ4n) is 3.65. The zero-order valence-electron chi connectivity index (χ0n) is 16.9. The Bertz CT molecular complexity index is 1160. The van der Waals surface area contributed by atoms with Crippen LogP contribution in [0.5, 0.6) is 0 Å². The van der Waals surface area contributed by atoms with Crippen molar-refractivity contribution in [1.82, 2.24) is 13.9 Å². The molecule has 0 saturated carbocycles. The van der Waals surface area contributed by atoms with Gasteiger partial charge < -0.3 is 10.6 Å². The van der Waals surface area contributed by atoms with E-state index >= 15 is 0 Å². The lowest BCUT2D eigenvalue weighted by Crippen LogP contribution is -2.47. The fourth-order valence-corrected chi connectivity index (χ4v) is 4.57. The van der Waals surface area contributed by atoms with Gasteiger partial charge in [-0.3, -0.25) is 19.1 Å². The zero-order chi connectivity index (χ0) is 22.1. The molecule has 30 heavy (non-hydrogen) atoms. The third-order valence-corrected chi connectivity index (χ3v) is 6.54. The van der Waals surface area contributed by atoms with Gasteiger partial charge in [-0.1, -0.05) is 30.3 Å². The Balaban J connectivity index is 1.93. The molecule has 0 radical (unpaired) electrons. The highest BCUT2D eigenvalue weighted by Gasteiger charge is 2.33. The van der Waals surface area contributed by atoms with E-state index in [1.165, 1.54) is 15.9 Å². The van der Waals surface area contributed by atoms with Gasteiger partial charge >= 0.3 is 5.69 Å². The van der Waals surface area contributed by atoms with Crippen LogP contribution < -0.4 is 21.9 Å². The summed E-state index contributed by atoms with van der Waals surface area (Å²) in [5.74, 6) is -1.16. The number of anilines is 2. The Morgan fingerprint density at radius 2 is 1.93 bits per heavy atom. The molecule has 1 unspecified atom stereocenters. The summed E-state index contributed by atoms with van der Waals surface area (Å²) in [5.41, 5.74) is 5.36. The van der Waals surface area contributed by atoms with Crippen LogP contribution in [0.2, 0.25) is 0 Å². The van der Waals surface area contributed by atoms with E-state index in [2.05, 4.69) is 4.98 Å². The highest BCUT2D eigenvalue weighted by Crippen LogP contribution is 2.24. The largest absolute Gasteiger partial charge is 0.383 e. The Kier molecular flexibility index (Phi) is 6.13. The van der Waals surface area contributed by atoms with Gasteiger partial charge in [0.2, 0.25) is 15.9 Å². The summed E-state index contributed by atoms with van der Waals surface area (Å²) in [6.45, 7) is 0.531. The van der Waals surface area contributed by atoms with Crippen LogP contribution in [-0.2, 0) is 21.4 Å². The molecule has 2 heterocycles. The molecule has 1 fully saturated rings. The van der Waals surface area contributed by atoms with Gasteiger partial charge in [-0.25, -0.2) is 17.5 Å². The summed E-state index contributed by atoms with van der Waals surface area (Å²) >= 11 is 0. The van der Waals surface area contributed by atoms with Gasteiger partial charge in [0.15, 0.2) is 5.69 Å². The second-order valence-electron chi connectivity index (χ2n) is 7.42. The molecule has 0 spiro atoms. The van der Waals surface area contributed by atoms with Crippen molar-refractivity contribution >= 4 is 27.4 Å². The first-order valence-corrected chi connectivity index (χ1v) is 11.3. The number of nitrogens with zero attached hydrogens (tertiary/aromatic N) is 3. The topological polar surface area (TPSA) is 139 Å². The quantitative estimate of drug-likeness (QED) is 0.667. The van der Waals surface area contributed by atoms with Crippen LogP contribution in [-0.4, -0.2) is 54.6 Å². The second-order valence-corrected chi connectivity index (χ2v) is 9.40. The molecule has 1 aliphatic heterocycles. The predicted molar refractivity (Wildman–Crippen MR) is 114 cm³/mol. The molecular formula is C19H25N5O5S. The van der Waals surface area contributed by atoms with Gasteiger partial charge in [0.05, 0.1) is 18.7 Å². The second kappa shape index (κ2) is 8.44. The number of nitrogens with one attached hydrogen (secondary N) is 1. The number of amides is 1. The zero-order valence-corrected chi connectivity index (χ0v) is 17.7. The monoisotopic (exact) mass is 435 g/mol. The summed E-state index contributed by atoms with van der Waals surface area (Å²) in [5, 5.41) is 0. The Hall–Kier alpha value is -2.92. The molecular weight excluding hydrogens is 410 g/mol. The Morgan fingerprint density at radius 1 is 1.27 bits per heavy atom. The number of piperidine rings is 1. The molecule has 1 aliphatic rings. The third kappa shape index (κ3) is 4.46. The van der Waals surface area contributed by atoms with Crippen LogP contribution in [0.3, 0.4) is 0 Å². The van der Waals surface area contributed by atoms with Crippen LogP contribution in [0.1, 0.15) is 18.4 Å². The number of carbonyl (C=O) groups is 1. The molecule has 3 rings (SSSR count). The average Bonchev–Trinajstić information content (AvgIpc) is 2.70. The van der Waals surface area contributed by atoms with Crippen LogP contribution in [0.4, 0.5) is 11.5 Å². The van der Waals surface area contributed by atoms with E-state index in [0.717, 1.165) is 16.7 Å². The van der Waals surface area contributed by atoms with Gasteiger partial charge in [0.25, 0.3) is 5.56 Å². The molecule has 0 aliphatic carbocycles. The summed E-state index contributed by atoms with van der Waals surface area (Å²) in [6.07, 6.45) is 2.14. The maximum Gasteiger partial charge on any atom is 0.330 e. The summed E-state index contributed by atoms with van der Waals surface area (Å²) in [6, 6.07) is 9.09. The first kappa shape index (κ1) is 21.8. The SMILES string of the molecule is CN(C(=O)C1CCCN(S(C)(=O)=O)C1)c1c(N)n(Cc2ccccc2)c(=O)[nH]c1=O. The van der Waals surface area contributed by atoms with Crippen molar-refractivity contribution in [2.24, 2.45) is 5.92 Å². The lowest BCUT2D eigenvalue weighted by atomic mass is 9.98. The van der Waals surface area contributed by atoms with E-state index in [0.29, 0.717) is 19.4 Å². The Morgan fingerprint density at radius 3 is 2.57 bits per heavy atom. The number of aromatic nitrogens is 2. The molecule has 1 saturated heterocycles. The normalized spacial score (nSPS) is 17.6. The van der Waals surface area contributed by atoms with E-state index in [9.17, 15) is 22.8 Å². The van der Waals surface area contributed by atoms with Gasteiger partial charge in [0.1, 0.15) is 5.82 Å². The van der Waals surface area contributed by atoms with Gasteiger partial charge in [0, 0.05) is 20.1 Å². The number of benzene rings is 1. The summed E-state index contributed by atoms with van der Waals surface area (Å²) in [4.78, 5) is 41.2. The standard InChI is InChI=1S/C19H25N5O5S/c1-22(18(26)14-9-6-10-23(12-14)30(2,28)29)15-16(20)24(19(27)21-17(15)25)11-13-7-4-3-5-8-13/h3-5,7-8,14H,6,9-12,20H2,1-2H3,(H,21,25,27). The summed E-state index contributed by atoms with van der Waals surface area (Å²) in [7, 11) is -2.02. The average molecular weight is 436 g/mol. The van der Waals surface area contributed by atoms with Crippen LogP contribution in [0.25, 0.3) is 0 Å². The lowest BCUT2D eigenvalue weighted by Gasteiger charge is -2.32. The molecule has 3 N–H and O–H groups in total. The van der Waals surface area contributed by atoms with Crippen molar-refractivity contribution in [2.45, 2.75) is 19.4 Å². The van der Waals surface area contributed by atoms with E-state index < -0.39 is 33.1 Å². The van der Waals surface area contributed by atoms with Crippen molar-refractivity contribution in [3.05, 3.63) is 56.7 Å². The maximum atomic E-state index is 13.0. The highest BCUT2D eigenvalue weighted by molar-refractivity contribution is 7.88. The summed E-state index contributed by atoms with van der Waals surface area (Å²) < 4.78 is 26.1. The fraction of sp³-hybridized carbons (Fsp3) is 0.421. The number of sulfonamides is 1. The first-order valence-electron chi connectivity index (χ1n) is 9.48. The van der Waals surface area contributed by atoms with E-state index in [-0.39, 0.29) is 24.6 Å². The van der Waals surface area contributed by atoms with Gasteiger partial charge in [-0.2, -0.15) is 0 Å². The first-order chi connectivity index (χ1) is 14.1. The number of aromatic amines is 1. The number of H-pyrrole nitrogens is 1. The van der Waals surface area contributed by atoms with E-state index in [1.807, 2.05) is 30.3 Å². The number of hydrogen-bond donors (Lipinski definition) is 2. The molecule has 0 bridgehead atoms. The molecule has 1 aromatic carbocycles. The van der Waals surface area contributed by atoms with Gasteiger partial charge in [-0.05, 0) is 18.4 Å². The molecule has 162 valence electrons. The molecule has 1 amide bonds. The van der Waals surface area contributed by atoms with Crippen molar-refractivity contribution in [3.8, 4) is 0 Å². The number of rotatable bonds is 5. The maximum absolute atomic E-state index is 13.0. The number of nitrogen functional groups attached to an aromatic ring is 1. The van der Waals surface area contributed by atoms with Crippen LogP contribution in [0.15, 0.2) is 39.9 Å². The van der Waals surface area contributed by atoms with Crippen molar-refractivity contribution in [2.75, 3.05) is 37.0 Å². The number of hydrogen-bond acceptors (Lipinski definition) is 6. The lowest BCUT2D eigenvalue weighted by molar-refractivity contribution is -0.123. The minimum absolute atomic E-state index is 0.0451. The predicted octanol–water partition coefficient (Wildman–Crippen LogP) is -0.198. The minimum Gasteiger partial charge on any atom is -0.383 e.